The first-order valence-corrected chi connectivity index (χ1v) is 5.58. The molecule has 104 valence electrons. The zero-order chi connectivity index (χ0) is 13.1. The molecule has 2 atom stereocenters. The highest BCUT2D eigenvalue weighted by Gasteiger charge is 2.29. The number of carbonyl (C=O) groups excluding carboxylic acids is 1. The van der Waals surface area contributed by atoms with Gasteiger partial charge in [-0.2, -0.15) is 0 Å². The normalized spacial score (nSPS) is 15.8. The van der Waals surface area contributed by atoms with Crippen LogP contribution >= 0.6 is 12.4 Å². The Morgan fingerprint density at radius 1 is 1.06 bits per heavy atom. The molecule has 0 saturated carbocycles. The summed E-state index contributed by atoms with van der Waals surface area (Å²) in [6.07, 6.45) is -0.366. The number of ether oxygens (including phenoxy) is 2. The Labute approximate surface area is 111 Å². The van der Waals surface area contributed by atoms with E-state index in [2.05, 4.69) is 0 Å². The monoisotopic (exact) mass is 267 g/mol. The van der Waals surface area contributed by atoms with E-state index in [1.807, 2.05) is 41.5 Å². The number of hydrogen-bond donors (Lipinski definition) is 1. The van der Waals surface area contributed by atoms with Gasteiger partial charge in [-0.3, -0.25) is 4.79 Å². The van der Waals surface area contributed by atoms with Gasteiger partial charge < -0.3 is 15.2 Å². The standard InChI is InChI=1S/C12H25NO3.ClH/c1-8(15-11(2,3)4)9(13)10(14)16-12(5,6)7;/h8-9H,13H2,1-7H3;1H/t8?,9-;/m1./s1. The number of rotatable bonds is 3. The van der Waals surface area contributed by atoms with Crippen LogP contribution in [0.5, 0.6) is 0 Å². The average Bonchev–Trinajstić information content (AvgIpc) is 1.96. The third kappa shape index (κ3) is 9.39. The van der Waals surface area contributed by atoms with E-state index in [4.69, 9.17) is 15.2 Å². The van der Waals surface area contributed by atoms with Crippen LogP contribution in [-0.4, -0.2) is 29.3 Å². The highest BCUT2D eigenvalue weighted by atomic mass is 35.5. The van der Waals surface area contributed by atoms with Gasteiger partial charge in [0.15, 0.2) is 0 Å². The van der Waals surface area contributed by atoms with E-state index < -0.39 is 17.6 Å². The first kappa shape index (κ1) is 19.0. The van der Waals surface area contributed by atoms with E-state index in [0.717, 1.165) is 0 Å². The molecule has 0 heterocycles. The molecule has 0 radical (unpaired) electrons. The van der Waals surface area contributed by atoms with Gasteiger partial charge in [-0.05, 0) is 48.5 Å². The van der Waals surface area contributed by atoms with Crippen molar-refractivity contribution in [3.8, 4) is 0 Å². The molecular weight excluding hydrogens is 242 g/mol. The molecule has 0 aromatic carbocycles. The van der Waals surface area contributed by atoms with Gasteiger partial charge in [-0.25, -0.2) is 0 Å². The van der Waals surface area contributed by atoms with Gasteiger partial charge in [-0.1, -0.05) is 0 Å². The van der Waals surface area contributed by atoms with Crippen LogP contribution in [0, 0.1) is 0 Å². The van der Waals surface area contributed by atoms with Crippen molar-refractivity contribution < 1.29 is 14.3 Å². The van der Waals surface area contributed by atoms with Crippen LogP contribution in [0.3, 0.4) is 0 Å². The molecule has 0 aliphatic carbocycles. The van der Waals surface area contributed by atoms with Crippen molar-refractivity contribution in [3.63, 3.8) is 0 Å². The maximum absolute atomic E-state index is 11.7. The lowest BCUT2D eigenvalue weighted by Gasteiger charge is -2.29. The number of carbonyl (C=O) groups is 1. The van der Waals surface area contributed by atoms with Crippen LogP contribution < -0.4 is 5.73 Å². The SMILES string of the molecule is CC(OC(C)(C)C)[C@@H](N)C(=O)OC(C)(C)C.Cl. The predicted molar refractivity (Wildman–Crippen MR) is 71.4 cm³/mol. The molecule has 0 rings (SSSR count). The molecule has 0 aliphatic rings. The smallest absolute Gasteiger partial charge is 0.326 e. The summed E-state index contributed by atoms with van der Waals surface area (Å²) in [5, 5.41) is 0. The van der Waals surface area contributed by atoms with E-state index in [1.54, 1.807) is 6.92 Å². The predicted octanol–water partition coefficient (Wildman–Crippen LogP) is 2.28. The lowest BCUT2D eigenvalue weighted by molar-refractivity contribution is -0.162. The highest BCUT2D eigenvalue weighted by Crippen LogP contribution is 2.15. The Balaban J connectivity index is 0. The second-order valence-corrected chi connectivity index (χ2v) is 5.99. The minimum atomic E-state index is -0.751. The molecule has 0 aromatic heterocycles. The number of hydrogen-bond acceptors (Lipinski definition) is 4. The van der Waals surface area contributed by atoms with Crippen LogP contribution in [0.2, 0.25) is 0 Å². The Morgan fingerprint density at radius 2 is 1.47 bits per heavy atom. The molecule has 2 N–H and O–H groups in total. The van der Waals surface area contributed by atoms with E-state index in [-0.39, 0.29) is 24.1 Å². The molecule has 17 heavy (non-hydrogen) atoms. The van der Waals surface area contributed by atoms with Crippen LogP contribution in [0.15, 0.2) is 0 Å². The van der Waals surface area contributed by atoms with E-state index in [1.165, 1.54) is 0 Å². The Morgan fingerprint density at radius 3 is 1.76 bits per heavy atom. The lowest BCUT2D eigenvalue weighted by Crippen LogP contribution is -2.47. The first-order valence-electron chi connectivity index (χ1n) is 5.58. The minimum absolute atomic E-state index is 0. The Kier molecular flexibility index (Phi) is 7.35. The summed E-state index contributed by atoms with van der Waals surface area (Å²) in [5.74, 6) is -0.427. The van der Waals surface area contributed by atoms with Gasteiger partial charge in [0.1, 0.15) is 11.6 Å². The summed E-state index contributed by atoms with van der Waals surface area (Å²) in [5.41, 5.74) is 4.94. The van der Waals surface area contributed by atoms with Gasteiger partial charge >= 0.3 is 5.97 Å². The van der Waals surface area contributed by atoms with Crippen molar-refractivity contribution in [2.75, 3.05) is 0 Å². The molecule has 0 amide bonds. The summed E-state index contributed by atoms with van der Waals surface area (Å²) in [4.78, 5) is 11.7. The van der Waals surface area contributed by atoms with Crippen molar-refractivity contribution in [1.82, 2.24) is 0 Å². The van der Waals surface area contributed by atoms with Crippen LogP contribution in [0.1, 0.15) is 48.5 Å². The van der Waals surface area contributed by atoms with Crippen molar-refractivity contribution in [3.05, 3.63) is 0 Å². The van der Waals surface area contributed by atoms with Crippen LogP contribution in [-0.2, 0) is 14.3 Å². The van der Waals surface area contributed by atoms with Gasteiger partial charge in [0.2, 0.25) is 0 Å². The fourth-order valence-electron chi connectivity index (χ4n) is 1.19. The number of esters is 1. The number of nitrogens with two attached hydrogens (primary N) is 1. The molecule has 0 fully saturated rings. The molecular formula is C12H26ClNO3. The van der Waals surface area contributed by atoms with Crippen LogP contribution in [0.25, 0.3) is 0 Å². The molecule has 0 aromatic rings. The van der Waals surface area contributed by atoms with Crippen molar-refractivity contribution in [2.24, 2.45) is 5.73 Å². The largest absolute Gasteiger partial charge is 0.459 e. The van der Waals surface area contributed by atoms with E-state index in [9.17, 15) is 4.79 Å². The van der Waals surface area contributed by atoms with Crippen molar-refractivity contribution in [2.45, 2.75) is 71.8 Å². The maximum Gasteiger partial charge on any atom is 0.326 e. The second-order valence-electron chi connectivity index (χ2n) is 5.99. The quantitative estimate of drug-likeness (QED) is 0.797. The van der Waals surface area contributed by atoms with Gasteiger partial charge in [0.05, 0.1) is 11.7 Å². The third-order valence-corrected chi connectivity index (χ3v) is 1.72. The summed E-state index contributed by atoms with van der Waals surface area (Å²) < 4.78 is 10.8. The average molecular weight is 268 g/mol. The summed E-state index contributed by atoms with van der Waals surface area (Å²) in [7, 11) is 0. The Hall–Kier alpha value is -0.320. The summed E-state index contributed by atoms with van der Waals surface area (Å²) >= 11 is 0. The van der Waals surface area contributed by atoms with Gasteiger partial charge in [-0.15, -0.1) is 12.4 Å². The van der Waals surface area contributed by atoms with Crippen molar-refractivity contribution >= 4 is 18.4 Å². The second kappa shape index (κ2) is 6.57. The third-order valence-electron chi connectivity index (χ3n) is 1.72. The zero-order valence-corrected chi connectivity index (χ0v) is 12.7. The first-order chi connectivity index (χ1) is 6.92. The van der Waals surface area contributed by atoms with Crippen LogP contribution in [0.4, 0.5) is 0 Å². The van der Waals surface area contributed by atoms with E-state index in [0.29, 0.717) is 0 Å². The molecule has 0 aliphatic heterocycles. The molecule has 0 saturated heterocycles. The van der Waals surface area contributed by atoms with E-state index >= 15 is 0 Å². The fraction of sp³-hybridized carbons (Fsp3) is 0.917. The molecule has 5 heteroatoms. The van der Waals surface area contributed by atoms with Gasteiger partial charge in [0, 0.05) is 0 Å². The molecule has 4 nitrogen and oxygen atoms in total. The highest BCUT2D eigenvalue weighted by molar-refractivity contribution is 5.85. The topological polar surface area (TPSA) is 61.5 Å². The summed E-state index contributed by atoms with van der Waals surface area (Å²) in [6, 6.07) is -0.751. The molecule has 1 unspecified atom stereocenters. The summed E-state index contributed by atoms with van der Waals surface area (Å²) in [6.45, 7) is 13.0. The lowest BCUT2D eigenvalue weighted by atomic mass is 10.1. The van der Waals surface area contributed by atoms with Crippen molar-refractivity contribution in [1.29, 1.82) is 0 Å². The minimum Gasteiger partial charge on any atom is -0.459 e. The number of halogens is 1. The zero-order valence-electron chi connectivity index (χ0n) is 11.9. The molecule has 0 spiro atoms. The Bertz CT molecular complexity index is 243. The fourth-order valence-corrected chi connectivity index (χ4v) is 1.19. The maximum atomic E-state index is 11.7. The van der Waals surface area contributed by atoms with Gasteiger partial charge in [0.25, 0.3) is 0 Å². The molecule has 0 bridgehead atoms.